The molecule has 1 unspecified atom stereocenters. The summed E-state index contributed by atoms with van der Waals surface area (Å²) in [4.78, 5) is 26.5. The molecule has 1 heterocycles. The van der Waals surface area contributed by atoms with Gasteiger partial charge in [-0.05, 0) is 18.3 Å². The monoisotopic (exact) mass is 267 g/mol. The van der Waals surface area contributed by atoms with E-state index in [9.17, 15) is 9.59 Å². The largest absolute Gasteiger partial charge is 0.481 e. The van der Waals surface area contributed by atoms with Crippen LogP contribution < -0.4 is 10.9 Å². The van der Waals surface area contributed by atoms with Crippen molar-refractivity contribution in [1.29, 1.82) is 0 Å². The Morgan fingerprint density at radius 3 is 2.79 bits per heavy atom. The van der Waals surface area contributed by atoms with Crippen LogP contribution in [0.2, 0.25) is 0 Å². The maximum atomic E-state index is 11.7. The van der Waals surface area contributed by atoms with Crippen molar-refractivity contribution >= 4 is 11.8 Å². The van der Waals surface area contributed by atoms with Crippen molar-refractivity contribution in [3.63, 3.8) is 0 Å². The number of anilines is 1. The van der Waals surface area contributed by atoms with Gasteiger partial charge in [-0.25, -0.2) is 4.98 Å². The lowest BCUT2D eigenvalue weighted by Crippen LogP contribution is -2.26. The molecule has 0 radical (unpaired) electrons. The van der Waals surface area contributed by atoms with Gasteiger partial charge in [0.1, 0.15) is 0 Å². The summed E-state index contributed by atoms with van der Waals surface area (Å²) in [6.45, 7) is 4.54. The topological polar surface area (TPSA) is 84.2 Å². The summed E-state index contributed by atoms with van der Waals surface area (Å²) >= 11 is 0. The summed E-state index contributed by atoms with van der Waals surface area (Å²) in [7, 11) is 1.65. The molecule has 0 saturated heterocycles. The Labute approximate surface area is 112 Å². The van der Waals surface area contributed by atoms with Crippen LogP contribution in [0.5, 0.6) is 0 Å². The van der Waals surface area contributed by atoms with Gasteiger partial charge in [-0.2, -0.15) is 0 Å². The van der Waals surface area contributed by atoms with Gasteiger partial charge in [0, 0.05) is 32.4 Å². The lowest BCUT2D eigenvalue weighted by molar-refractivity contribution is -0.138. The van der Waals surface area contributed by atoms with Crippen molar-refractivity contribution in [1.82, 2.24) is 9.55 Å². The van der Waals surface area contributed by atoms with Crippen LogP contribution >= 0.6 is 0 Å². The number of aromatic nitrogens is 2. The molecule has 0 aliphatic carbocycles. The zero-order valence-corrected chi connectivity index (χ0v) is 11.6. The van der Waals surface area contributed by atoms with Crippen LogP contribution in [0.4, 0.5) is 5.82 Å². The van der Waals surface area contributed by atoms with Crippen LogP contribution in [-0.4, -0.2) is 27.2 Å². The van der Waals surface area contributed by atoms with Gasteiger partial charge < -0.3 is 15.0 Å². The third-order valence-electron chi connectivity index (χ3n) is 2.84. The van der Waals surface area contributed by atoms with Crippen molar-refractivity contribution in [2.24, 2.45) is 18.9 Å². The molecule has 1 rings (SSSR count). The van der Waals surface area contributed by atoms with E-state index in [0.717, 1.165) is 6.42 Å². The summed E-state index contributed by atoms with van der Waals surface area (Å²) in [5, 5.41) is 11.8. The van der Waals surface area contributed by atoms with Crippen LogP contribution in [-0.2, 0) is 11.8 Å². The Kier molecular flexibility index (Phi) is 5.54. The van der Waals surface area contributed by atoms with Gasteiger partial charge in [-0.3, -0.25) is 9.59 Å². The van der Waals surface area contributed by atoms with Crippen molar-refractivity contribution in [2.45, 2.75) is 26.7 Å². The van der Waals surface area contributed by atoms with Crippen molar-refractivity contribution in [3.8, 4) is 0 Å². The molecule has 6 nitrogen and oxygen atoms in total. The van der Waals surface area contributed by atoms with Gasteiger partial charge in [0.05, 0.1) is 0 Å². The number of nitrogens with one attached hydrogen (secondary N) is 1. The highest BCUT2D eigenvalue weighted by atomic mass is 16.4. The molecular weight excluding hydrogens is 246 g/mol. The molecule has 19 heavy (non-hydrogen) atoms. The molecule has 1 aromatic rings. The van der Waals surface area contributed by atoms with Crippen LogP contribution in [0.3, 0.4) is 0 Å². The first kappa shape index (κ1) is 15.2. The molecule has 6 heteroatoms. The standard InChI is InChI=1S/C13H21N3O3/c1-9(2)6-10(7-11(17)18)8-15-12-13(19)16(3)5-4-14-12/h4-5,9-10H,6-8H2,1-3H3,(H,14,15)(H,17,18). The second-order valence-electron chi connectivity index (χ2n) is 5.17. The third kappa shape index (κ3) is 5.11. The highest BCUT2D eigenvalue weighted by Crippen LogP contribution is 2.15. The van der Waals surface area contributed by atoms with E-state index >= 15 is 0 Å². The van der Waals surface area contributed by atoms with E-state index < -0.39 is 5.97 Å². The van der Waals surface area contributed by atoms with Crippen molar-refractivity contribution in [2.75, 3.05) is 11.9 Å². The summed E-state index contributed by atoms with van der Waals surface area (Å²) in [5.74, 6) is -0.146. The highest BCUT2D eigenvalue weighted by Gasteiger charge is 2.15. The molecule has 0 aromatic carbocycles. The molecular formula is C13H21N3O3. The van der Waals surface area contributed by atoms with Crippen LogP contribution in [0.25, 0.3) is 0 Å². The molecule has 0 saturated carbocycles. The van der Waals surface area contributed by atoms with Gasteiger partial charge in [-0.1, -0.05) is 13.8 Å². The molecule has 0 aliphatic heterocycles. The lowest BCUT2D eigenvalue weighted by Gasteiger charge is -2.17. The first-order chi connectivity index (χ1) is 8.90. The van der Waals surface area contributed by atoms with Crippen molar-refractivity contribution in [3.05, 3.63) is 22.7 Å². The second kappa shape index (κ2) is 6.92. The number of rotatable bonds is 7. The van der Waals surface area contributed by atoms with E-state index in [-0.39, 0.29) is 23.7 Å². The Morgan fingerprint density at radius 1 is 1.53 bits per heavy atom. The van der Waals surface area contributed by atoms with E-state index in [2.05, 4.69) is 24.1 Å². The Bertz CT molecular complexity index is 482. The number of carboxylic acids is 1. The summed E-state index contributed by atoms with van der Waals surface area (Å²) in [6.07, 6.45) is 4.01. The number of hydrogen-bond acceptors (Lipinski definition) is 4. The Hall–Kier alpha value is -1.85. The molecule has 1 aromatic heterocycles. The van der Waals surface area contributed by atoms with Crippen molar-refractivity contribution < 1.29 is 9.90 Å². The Balaban J connectivity index is 2.67. The van der Waals surface area contributed by atoms with Crippen LogP contribution in [0.1, 0.15) is 26.7 Å². The van der Waals surface area contributed by atoms with E-state index in [1.807, 2.05) is 0 Å². The molecule has 1 atom stereocenters. The molecule has 0 amide bonds. The molecule has 0 aliphatic rings. The number of carboxylic acid groups (broad SMARTS) is 1. The van der Waals surface area contributed by atoms with Gasteiger partial charge in [-0.15, -0.1) is 0 Å². The maximum Gasteiger partial charge on any atom is 0.303 e. The highest BCUT2D eigenvalue weighted by molar-refractivity contribution is 5.67. The number of aryl methyl sites for hydroxylation is 1. The first-order valence-electron chi connectivity index (χ1n) is 6.37. The SMILES string of the molecule is CC(C)CC(CNc1nccn(C)c1=O)CC(=O)O. The van der Waals surface area contributed by atoms with Gasteiger partial charge in [0.2, 0.25) is 0 Å². The average Bonchev–Trinajstić information content (AvgIpc) is 2.29. The van der Waals surface area contributed by atoms with Gasteiger partial charge in [0.25, 0.3) is 5.56 Å². The lowest BCUT2D eigenvalue weighted by atomic mass is 9.94. The zero-order chi connectivity index (χ0) is 14.4. The van der Waals surface area contributed by atoms with Crippen LogP contribution in [0, 0.1) is 11.8 Å². The minimum absolute atomic E-state index is 0.00999. The number of aliphatic carboxylic acids is 1. The fourth-order valence-electron chi connectivity index (χ4n) is 2.01. The summed E-state index contributed by atoms with van der Waals surface area (Å²) in [6, 6.07) is 0. The number of nitrogens with zero attached hydrogens (tertiary/aromatic N) is 2. The van der Waals surface area contributed by atoms with E-state index in [1.54, 1.807) is 19.4 Å². The van der Waals surface area contributed by atoms with Gasteiger partial charge >= 0.3 is 5.97 Å². The quantitative estimate of drug-likeness (QED) is 0.778. The smallest absolute Gasteiger partial charge is 0.303 e. The Morgan fingerprint density at radius 2 is 2.21 bits per heavy atom. The molecule has 0 fully saturated rings. The normalized spacial score (nSPS) is 12.4. The number of carbonyl (C=O) groups is 1. The minimum Gasteiger partial charge on any atom is -0.481 e. The van der Waals surface area contributed by atoms with Crippen LogP contribution in [0.15, 0.2) is 17.2 Å². The maximum absolute atomic E-state index is 11.7. The predicted molar refractivity (Wildman–Crippen MR) is 73.2 cm³/mol. The average molecular weight is 267 g/mol. The number of hydrogen-bond donors (Lipinski definition) is 2. The first-order valence-corrected chi connectivity index (χ1v) is 6.37. The summed E-state index contributed by atoms with van der Waals surface area (Å²) < 4.78 is 1.43. The second-order valence-corrected chi connectivity index (χ2v) is 5.17. The fraction of sp³-hybridized carbons (Fsp3) is 0.615. The molecule has 0 bridgehead atoms. The zero-order valence-electron chi connectivity index (χ0n) is 11.6. The molecule has 2 N–H and O–H groups in total. The van der Waals surface area contributed by atoms with E-state index in [0.29, 0.717) is 12.5 Å². The summed E-state index contributed by atoms with van der Waals surface area (Å²) in [5.41, 5.74) is -0.207. The van der Waals surface area contributed by atoms with E-state index in [1.165, 1.54) is 4.57 Å². The predicted octanol–water partition coefficient (Wildman–Crippen LogP) is 1.33. The molecule has 0 spiro atoms. The van der Waals surface area contributed by atoms with E-state index in [4.69, 9.17) is 5.11 Å². The molecule has 106 valence electrons. The fourth-order valence-corrected chi connectivity index (χ4v) is 2.01. The third-order valence-corrected chi connectivity index (χ3v) is 2.84. The minimum atomic E-state index is -0.818. The van der Waals surface area contributed by atoms with Gasteiger partial charge in [0.15, 0.2) is 5.82 Å².